The number of nitrogens with one attached hydrogen (secondary N) is 1. The number of hydrogen-bond donors (Lipinski definition) is 1. The molecule has 1 atom stereocenters. The molecular formula is C19H24N4O2. The molecule has 1 fully saturated rings. The molecule has 2 aromatic rings. The predicted octanol–water partition coefficient (Wildman–Crippen LogP) is 2.33. The molecular weight excluding hydrogens is 316 g/mol. The van der Waals surface area contributed by atoms with Crippen molar-refractivity contribution in [2.75, 3.05) is 25.1 Å². The highest BCUT2D eigenvalue weighted by Gasteiger charge is 2.26. The van der Waals surface area contributed by atoms with Gasteiger partial charge in [0.2, 0.25) is 11.9 Å². The van der Waals surface area contributed by atoms with Crippen LogP contribution in [0.15, 0.2) is 36.7 Å². The number of carbonyl (C=O) groups is 1. The Morgan fingerprint density at radius 3 is 2.92 bits per heavy atom. The number of nitrogens with zero attached hydrogens (tertiary/aromatic N) is 3. The number of aromatic nitrogens is 2. The molecule has 0 spiro atoms. The first kappa shape index (κ1) is 17.2. The molecule has 0 saturated carbocycles. The molecule has 1 N–H and O–H groups in total. The van der Waals surface area contributed by atoms with Crippen molar-refractivity contribution < 1.29 is 9.53 Å². The van der Waals surface area contributed by atoms with Gasteiger partial charge in [-0.05, 0) is 43.0 Å². The van der Waals surface area contributed by atoms with Crippen LogP contribution >= 0.6 is 0 Å². The van der Waals surface area contributed by atoms with Gasteiger partial charge in [-0.2, -0.15) is 0 Å². The molecule has 0 aliphatic carbocycles. The van der Waals surface area contributed by atoms with E-state index in [0.717, 1.165) is 36.3 Å². The fraction of sp³-hybridized carbons (Fsp3) is 0.421. The Morgan fingerprint density at radius 1 is 1.36 bits per heavy atom. The van der Waals surface area contributed by atoms with E-state index in [1.807, 2.05) is 25.1 Å². The lowest BCUT2D eigenvalue weighted by atomic mass is 9.97. The summed E-state index contributed by atoms with van der Waals surface area (Å²) in [6, 6.07) is 7.80. The molecule has 25 heavy (non-hydrogen) atoms. The van der Waals surface area contributed by atoms with E-state index in [0.29, 0.717) is 19.0 Å². The summed E-state index contributed by atoms with van der Waals surface area (Å²) in [6.45, 7) is 4.06. The van der Waals surface area contributed by atoms with E-state index >= 15 is 0 Å². The number of rotatable bonds is 5. The lowest BCUT2D eigenvalue weighted by Gasteiger charge is -2.31. The molecule has 0 unspecified atom stereocenters. The number of anilines is 1. The maximum Gasteiger partial charge on any atom is 0.225 e. The number of piperidine rings is 1. The average Bonchev–Trinajstić information content (AvgIpc) is 2.68. The predicted molar refractivity (Wildman–Crippen MR) is 96.5 cm³/mol. The standard InChI is InChI=1S/C19H24N4O2/c1-14-6-7-15(11-17(14)25-2)12-22-18(24)16-5-3-10-23(13-16)19-20-8-4-9-21-19/h4,6-9,11,16H,3,5,10,12-13H2,1-2H3,(H,22,24)/t16-/m1/s1. The summed E-state index contributed by atoms with van der Waals surface area (Å²) in [5.74, 6) is 1.59. The van der Waals surface area contributed by atoms with Gasteiger partial charge in [-0.3, -0.25) is 4.79 Å². The highest BCUT2D eigenvalue weighted by atomic mass is 16.5. The van der Waals surface area contributed by atoms with Crippen LogP contribution in [0.3, 0.4) is 0 Å². The minimum absolute atomic E-state index is 0.0371. The zero-order valence-electron chi connectivity index (χ0n) is 14.7. The van der Waals surface area contributed by atoms with Crippen LogP contribution in [-0.4, -0.2) is 36.1 Å². The number of benzene rings is 1. The van der Waals surface area contributed by atoms with Crippen LogP contribution in [-0.2, 0) is 11.3 Å². The van der Waals surface area contributed by atoms with E-state index in [4.69, 9.17) is 4.74 Å². The average molecular weight is 340 g/mol. The summed E-state index contributed by atoms with van der Waals surface area (Å²) < 4.78 is 5.34. The summed E-state index contributed by atoms with van der Waals surface area (Å²) in [5, 5.41) is 3.05. The van der Waals surface area contributed by atoms with E-state index in [1.165, 1.54) is 0 Å². The Balaban J connectivity index is 1.57. The van der Waals surface area contributed by atoms with Crippen LogP contribution in [0.1, 0.15) is 24.0 Å². The largest absolute Gasteiger partial charge is 0.496 e. The van der Waals surface area contributed by atoms with E-state index in [9.17, 15) is 4.79 Å². The first-order valence-corrected chi connectivity index (χ1v) is 8.60. The van der Waals surface area contributed by atoms with Gasteiger partial charge in [-0.25, -0.2) is 9.97 Å². The van der Waals surface area contributed by atoms with Gasteiger partial charge >= 0.3 is 0 Å². The third-order valence-electron chi connectivity index (χ3n) is 4.57. The third kappa shape index (κ3) is 4.26. The summed E-state index contributed by atoms with van der Waals surface area (Å²) in [7, 11) is 1.66. The lowest BCUT2D eigenvalue weighted by Crippen LogP contribution is -2.43. The minimum atomic E-state index is -0.0371. The van der Waals surface area contributed by atoms with Gasteiger partial charge < -0.3 is 15.0 Å². The molecule has 3 rings (SSSR count). The topological polar surface area (TPSA) is 67.3 Å². The SMILES string of the molecule is COc1cc(CNC(=O)[C@@H]2CCCN(c3ncccn3)C2)ccc1C. The second-order valence-corrected chi connectivity index (χ2v) is 6.36. The summed E-state index contributed by atoms with van der Waals surface area (Å²) in [5.41, 5.74) is 2.12. The summed E-state index contributed by atoms with van der Waals surface area (Å²) in [4.78, 5) is 23.2. The normalized spacial score (nSPS) is 17.2. The zero-order valence-corrected chi connectivity index (χ0v) is 14.7. The smallest absolute Gasteiger partial charge is 0.225 e. The molecule has 1 amide bonds. The van der Waals surface area contributed by atoms with E-state index in [-0.39, 0.29) is 11.8 Å². The number of ether oxygens (including phenoxy) is 1. The maximum absolute atomic E-state index is 12.6. The summed E-state index contributed by atoms with van der Waals surface area (Å²) in [6.07, 6.45) is 5.33. The number of carbonyl (C=O) groups excluding carboxylic acids is 1. The van der Waals surface area contributed by atoms with Crippen LogP contribution in [0.5, 0.6) is 5.75 Å². The first-order valence-electron chi connectivity index (χ1n) is 8.60. The molecule has 6 nitrogen and oxygen atoms in total. The van der Waals surface area contributed by atoms with Gasteiger partial charge in [0, 0.05) is 32.0 Å². The van der Waals surface area contributed by atoms with Crippen LogP contribution in [0.25, 0.3) is 0 Å². The first-order chi connectivity index (χ1) is 12.2. The second kappa shape index (κ2) is 7.96. The molecule has 0 bridgehead atoms. The van der Waals surface area contributed by atoms with Crippen molar-refractivity contribution in [1.29, 1.82) is 0 Å². The highest BCUT2D eigenvalue weighted by molar-refractivity contribution is 5.79. The summed E-state index contributed by atoms with van der Waals surface area (Å²) >= 11 is 0. The van der Waals surface area contributed by atoms with Gasteiger partial charge in [-0.1, -0.05) is 12.1 Å². The Labute approximate surface area is 148 Å². The van der Waals surface area contributed by atoms with Gasteiger partial charge in [-0.15, -0.1) is 0 Å². The van der Waals surface area contributed by atoms with Crippen molar-refractivity contribution in [1.82, 2.24) is 15.3 Å². The molecule has 132 valence electrons. The van der Waals surface area contributed by atoms with E-state index in [2.05, 4.69) is 20.2 Å². The van der Waals surface area contributed by atoms with E-state index < -0.39 is 0 Å². The highest BCUT2D eigenvalue weighted by Crippen LogP contribution is 2.21. The van der Waals surface area contributed by atoms with Crippen molar-refractivity contribution >= 4 is 11.9 Å². The quantitative estimate of drug-likeness (QED) is 0.905. The fourth-order valence-corrected chi connectivity index (χ4v) is 3.14. The van der Waals surface area contributed by atoms with Crippen LogP contribution in [0, 0.1) is 12.8 Å². The van der Waals surface area contributed by atoms with Crippen LogP contribution in [0.4, 0.5) is 5.95 Å². The van der Waals surface area contributed by atoms with Gasteiger partial charge in [0.1, 0.15) is 5.75 Å². The van der Waals surface area contributed by atoms with Gasteiger partial charge in [0.25, 0.3) is 0 Å². The monoisotopic (exact) mass is 340 g/mol. The number of amides is 1. The maximum atomic E-state index is 12.6. The minimum Gasteiger partial charge on any atom is -0.496 e. The Hall–Kier alpha value is -2.63. The van der Waals surface area contributed by atoms with Crippen molar-refractivity contribution in [3.8, 4) is 5.75 Å². The molecule has 1 aromatic carbocycles. The van der Waals surface area contributed by atoms with Gasteiger partial charge in [0.05, 0.1) is 13.0 Å². The van der Waals surface area contributed by atoms with E-state index in [1.54, 1.807) is 25.6 Å². The second-order valence-electron chi connectivity index (χ2n) is 6.36. The molecule has 2 heterocycles. The third-order valence-corrected chi connectivity index (χ3v) is 4.57. The van der Waals surface area contributed by atoms with Crippen molar-refractivity contribution in [2.45, 2.75) is 26.3 Å². The molecule has 1 aromatic heterocycles. The molecule has 0 radical (unpaired) electrons. The zero-order chi connectivity index (χ0) is 17.6. The van der Waals surface area contributed by atoms with Crippen LogP contribution < -0.4 is 15.0 Å². The number of hydrogen-bond acceptors (Lipinski definition) is 5. The van der Waals surface area contributed by atoms with Crippen molar-refractivity contribution in [2.24, 2.45) is 5.92 Å². The van der Waals surface area contributed by atoms with Crippen LogP contribution in [0.2, 0.25) is 0 Å². The lowest BCUT2D eigenvalue weighted by molar-refractivity contribution is -0.125. The molecule has 1 aliphatic rings. The van der Waals surface area contributed by atoms with Gasteiger partial charge in [0.15, 0.2) is 0 Å². The molecule has 1 aliphatic heterocycles. The Kier molecular flexibility index (Phi) is 5.48. The fourth-order valence-electron chi connectivity index (χ4n) is 3.14. The Bertz CT molecular complexity index is 721. The van der Waals surface area contributed by atoms with Crippen molar-refractivity contribution in [3.05, 3.63) is 47.8 Å². The molecule has 6 heteroatoms. The molecule has 1 saturated heterocycles. The number of methoxy groups -OCH3 is 1. The van der Waals surface area contributed by atoms with Crippen molar-refractivity contribution in [3.63, 3.8) is 0 Å². The Morgan fingerprint density at radius 2 is 2.16 bits per heavy atom. The number of aryl methyl sites for hydroxylation is 1.